The minimum atomic E-state index is 0.472. The topological polar surface area (TPSA) is 36.7 Å². The number of hydrogen-bond acceptors (Lipinski definition) is 3. The maximum atomic E-state index is 8.76. The third kappa shape index (κ3) is 3.76. The molecular weight excluding hydrogens is 264 g/mol. The summed E-state index contributed by atoms with van der Waals surface area (Å²) in [5.74, 6) is 1.81. The highest BCUT2D eigenvalue weighted by Crippen LogP contribution is 2.19. The zero-order valence-electron chi connectivity index (χ0n) is 9.64. The average Bonchev–Trinajstić information content (AvgIpc) is 2.41. The quantitative estimate of drug-likeness (QED) is 0.844. The van der Waals surface area contributed by atoms with Gasteiger partial charge in [0.25, 0.3) is 0 Å². The molecule has 0 radical (unpaired) electrons. The molecule has 0 bridgehead atoms. The van der Waals surface area contributed by atoms with Crippen LogP contribution in [0.3, 0.4) is 0 Å². The molecule has 4 heteroatoms. The molecule has 0 aliphatic heterocycles. The van der Waals surface area contributed by atoms with Crippen LogP contribution < -0.4 is 0 Å². The van der Waals surface area contributed by atoms with E-state index in [9.17, 15) is 0 Å². The summed E-state index contributed by atoms with van der Waals surface area (Å²) in [5.41, 5.74) is 2.85. The van der Waals surface area contributed by atoms with E-state index in [0.717, 1.165) is 22.1 Å². The van der Waals surface area contributed by atoms with E-state index in [1.807, 2.05) is 42.5 Å². The lowest BCUT2D eigenvalue weighted by molar-refractivity contribution is 1.22. The number of halogens is 1. The lowest BCUT2D eigenvalue weighted by Gasteiger charge is -2.03. The Morgan fingerprint density at radius 3 is 2.56 bits per heavy atom. The zero-order valence-corrected chi connectivity index (χ0v) is 11.2. The molecule has 18 heavy (non-hydrogen) atoms. The average molecular weight is 275 g/mol. The Hall–Kier alpha value is -1.50. The molecule has 0 spiro atoms. The zero-order chi connectivity index (χ0) is 12.8. The molecule has 0 fully saturated rings. The molecule has 2 nitrogen and oxygen atoms in total. The first kappa shape index (κ1) is 12.9. The van der Waals surface area contributed by atoms with Crippen LogP contribution in [0.4, 0.5) is 0 Å². The van der Waals surface area contributed by atoms with Gasteiger partial charge >= 0.3 is 0 Å². The number of hydrogen-bond donors (Lipinski definition) is 0. The van der Waals surface area contributed by atoms with Gasteiger partial charge in [0, 0.05) is 22.7 Å². The molecule has 0 unspecified atom stereocenters. The largest absolute Gasteiger partial charge is 0.246 e. The predicted octanol–water partition coefficient (Wildman–Crippen LogP) is 4.04. The van der Waals surface area contributed by atoms with Crippen molar-refractivity contribution in [2.45, 2.75) is 11.5 Å². The van der Waals surface area contributed by atoms with Gasteiger partial charge in [-0.3, -0.25) is 0 Å². The van der Waals surface area contributed by atoms with Crippen molar-refractivity contribution in [3.8, 4) is 6.07 Å². The molecule has 1 aromatic heterocycles. The second-order valence-electron chi connectivity index (χ2n) is 3.78. The fourth-order valence-electron chi connectivity index (χ4n) is 1.49. The van der Waals surface area contributed by atoms with Gasteiger partial charge < -0.3 is 0 Å². The SMILES string of the molecule is N#Cc1cc(CSCc2ccc(Cl)cc2)ccn1. The Balaban J connectivity index is 1.88. The van der Waals surface area contributed by atoms with Gasteiger partial charge in [0.15, 0.2) is 0 Å². The molecule has 0 aliphatic carbocycles. The van der Waals surface area contributed by atoms with Crippen molar-refractivity contribution >= 4 is 23.4 Å². The number of benzene rings is 1. The van der Waals surface area contributed by atoms with Gasteiger partial charge in [0.2, 0.25) is 0 Å². The summed E-state index contributed by atoms with van der Waals surface area (Å²) in [6.45, 7) is 0. The lowest BCUT2D eigenvalue weighted by atomic mass is 10.2. The van der Waals surface area contributed by atoms with Crippen LogP contribution in [0, 0.1) is 11.3 Å². The Kier molecular flexibility index (Phi) is 4.63. The van der Waals surface area contributed by atoms with Crippen LogP contribution in [0.25, 0.3) is 0 Å². The Morgan fingerprint density at radius 2 is 1.83 bits per heavy atom. The minimum absolute atomic E-state index is 0.472. The van der Waals surface area contributed by atoms with Crippen molar-refractivity contribution in [2.75, 3.05) is 0 Å². The highest BCUT2D eigenvalue weighted by Gasteiger charge is 1.98. The van der Waals surface area contributed by atoms with Gasteiger partial charge in [0.1, 0.15) is 11.8 Å². The highest BCUT2D eigenvalue weighted by atomic mass is 35.5. The Labute approximate surface area is 116 Å². The number of rotatable bonds is 4. The third-order valence-electron chi connectivity index (χ3n) is 2.39. The molecule has 1 heterocycles. The van der Waals surface area contributed by atoms with Crippen molar-refractivity contribution in [2.24, 2.45) is 0 Å². The fraction of sp³-hybridized carbons (Fsp3) is 0.143. The van der Waals surface area contributed by atoms with Gasteiger partial charge in [-0.2, -0.15) is 17.0 Å². The number of thioether (sulfide) groups is 1. The van der Waals surface area contributed by atoms with Crippen LogP contribution in [0.5, 0.6) is 0 Å². The molecule has 0 N–H and O–H groups in total. The van der Waals surface area contributed by atoms with E-state index in [4.69, 9.17) is 16.9 Å². The summed E-state index contributed by atoms with van der Waals surface area (Å²) in [4.78, 5) is 3.95. The van der Waals surface area contributed by atoms with Crippen molar-refractivity contribution in [3.05, 3.63) is 64.4 Å². The normalized spacial score (nSPS) is 10.0. The van der Waals surface area contributed by atoms with Gasteiger partial charge in [-0.1, -0.05) is 23.7 Å². The highest BCUT2D eigenvalue weighted by molar-refractivity contribution is 7.97. The first-order valence-electron chi connectivity index (χ1n) is 5.45. The summed E-state index contributed by atoms with van der Waals surface area (Å²) >= 11 is 7.63. The minimum Gasteiger partial charge on any atom is -0.246 e. The van der Waals surface area contributed by atoms with Gasteiger partial charge in [0.05, 0.1) is 0 Å². The third-order valence-corrected chi connectivity index (χ3v) is 3.72. The van der Waals surface area contributed by atoms with Crippen molar-refractivity contribution in [1.29, 1.82) is 5.26 Å². The fourth-order valence-corrected chi connectivity index (χ4v) is 2.56. The molecule has 0 amide bonds. The monoisotopic (exact) mass is 274 g/mol. The Morgan fingerprint density at radius 1 is 1.11 bits per heavy atom. The van der Waals surface area contributed by atoms with E-state index in [0.29, 0.717) is 5.69 Å². The maximum absolute atomic E-state index is 8.76. The summed E-state index contributed by atoms with van der Waals surface area (Å²) in [6, 6.07) is 13.7. The Bertz CT molecular complexity index is 561. The van der Waals surface area contributed by atoms with E-state index in [2.05, 4.69) is 4.98 Å². The molecule has 2 aromatic rings. The maximum Gasteiger partial charge on any atom is 0.140 e. The molecule has 1 aromatic carbocycles. The molecule has 0 atom stereocenters. The van der Waals surface area contributed by atoms with E-state index >= 15 is 0 Å². The molecule has 0 aliphatic rings. The number of nitrogens with zero attached hydrogens (tertiary/aromatic N) is 2. The van der Waals surface area contributed by atoms with Crippen LogP contribution in [0.15, 0.2) is 42.6 Å². The van der Waals surface area contributed by atoms with E-state index in [1.54, 1.807) is 18.0 Å². The number of aromatic nitrogens is 1. The molecule has 90 valence electrons. The van der Waals surface area contributed by atoms with Gasteiger partial charge in [-0.25, -0.2) is 4.98 Å². The first-order chi connectivity index (χ1) is 8.78. The number of nitriles is 1. The molecule has 0 saturated carbocycles. The van der Waals surface area contributed by atoms with Gasteiger partial charge in [-0.05, 0) is 35.4 Å². The second kappa shape index (κ2) is 6.44. The van der Waals surface area contributed by atoms with Crippen LogP contribution in [0.1, 0.15) is 16.8 Å². The summed E-state index contributed by atoms with van der Waals surface area (Å²) in [7, 11) is 0. The summed E-state index contributed by atoms with van der Waals surface area (Å²) < 4.78 is 0. The lowest BCUT2D eigenvalue weighted by Crippen LogP contribution is -1.87. The van der Waals surface area contributed by atoms with Crippen LogP contribution in [-0.2, 0) is 11.5 Å². The van der Waals surface area contributed by atoms with Crippen molar-refractivity contribution in [1.82, 2.24) is 4.98 Å². The second-order valence-corrected chi connectivity index (χ2v) is 5.20. The number of pyridine rings is 1. The van der Waals surface area contributed by atoms with E-state index < -0.39 is 0 Å². The van der Waals surface area contributed by atoms with Crippen LogP contribution >= 0.6 is 23.4 Å². The standard InChI is InChI=1S/C14H11ClN2S/c15-13-3-1-11(2-4-13)9-18-10-12-5-6-17-14(7-12)8-16/h1-7H,9-10H2. The van der Waals surface area contributed by atoms with E-state index in [-0.39, 0.29) is 0 Å². The summed E-state index contributed by atoms with van der Waals surface area (Å²) in [6.07, 6.45) is 1.68. The van der Waals surface area contributed by atoms with Crippen molar-refractivity contribution in [3.63, 3.8) is 0 Å². The molecule has 0 saturated heterocycles. The van der Waals surface area contributed by atoms with E-state index in [1.165, 1.54) is 5.56 Å². The first-order valence-corrected chi connectivity index (χ1v) is 6.98. The van der Waals surface area contributed by atoms with Crippen LogP contribution in [0.2, 0.25) is 5.02 Å². The summed E-state index contributed by atoms with van der Waals surface area (Å²) in [5, 5.41) is 9.52. The molecule has 2 rings (SSSR count). The molecular formula is C14H11ClN2S. The van der Waals surface area contributed by atoms with Crippen LogP contribution in [-0.4, -0.2) is 4.98 Å². The predicted molar refractivity (Wildman–Crippen MR) is 75.4 cm³/mol. The van der Waals surface area contributed by atoms with Gasteiger partial charge in [-0.15, -0.1) is 0 Å². The smallest absolute Gasteiger partial charge is 0.140 e. The van der Waals surface area contributed by atoms with Crippen molar-refractivity contribution < 1.29 is 0 Å².